The van der Waals surface area contributed by atoms with Gasteiger partial charge in [0.15, 0.2) is 0 Å². The van der Waals surface area contributed by atoms with Crippen LogP contribution < -0.4 is 0 Å². The Bertz CT molecular complexity index is 686. The Morgan fingerprint density at radius 3 is 2.22 bits per heavy atom. The molecule has 0 saturated heterocycles. The topological polar surface area (TPSA) is 0 Å². The van der Waals surface area contributed by atoms with Gasteiger partial charge in [0.05, 0.1) is 0 Å². The fourth-order valence-corrected chi connectivity index (χ4v) is 2.28. The van der Waals surface area contributed by atoms with Gasteiger partial charge in [0.2, 0.25) is 0 Å². The molecule has 0 saturated carbocycles. The van der Waals surface area contributed by atoms with Crippen molar-refractivity contribution in [1.29, 1.82) is 0 Å². The second-order valence-corrected chi connectivity index (χ2v) is 9.60. The van der Waals surface area contributed by atoms with Crippen LogP contribution in [0.3, 0.4) is 0 Å². The molecule has 3 rings (SSSR count). The quantitative estimate of drug-likeness (QED) is 0.468. The Balaban J connectivity index is 0.000000220. The number of fused-ring (bicyclic) bond motifs is 1. The first-order valence-corrected chi connectivity index (χ1v) is 9.33. The van der Waals surface area contributed by atoms with Crippen LogP contribution in [0.5, 0.6) is 0 Å². The first kappa shape index (κ1) is 20.1. The van der Waals surface area contributed by atoms with E-state index in [1.807, 2.05) is 6.08 Å². The van der Waals surface area contributed by atoms with Crippen LogP contribution in [-0.4, -0.2) is 3.21 Å². The molecule has 0 spiro atoms. The molecule has 2 aromatic rings. The fraction of sp³-hybridized carbons (Fsp3) is 0.364. The van der Waals surface area contributed by atoms with Gasteiger partial charge in [-0.2, -0.15) is 5.57 Å². The predicted molar refractivity (Wildman–Crippen MR) is 101 cm³/mol. The van der Waals surface area contributed by atoms with E-state index in [0.717, 1.165) is 6.42 Å². The van der Waals surface area contributed by atoms with Crippen LogP contribution in [0.4, 0.5) is 0 Å². The molecule has 23 heavy (non-hydrogen) atoms. The molecule has 120 valence electrons. The molecule has 0 nitrogen and oxygen atoms in total. The van der Waals surface area contributed by atoms with E-state index in [1.165, 1.54) is 25.1 Å². The van der Waals surface area contributed by atoms with Crippen LogP contribution in [-0.2, 0) is 29.7 Å². The van der Waals surface area contributed by atoms with E-state index >= 15 is 0 Å². The van der Waals surface area contributed by atoms with Gasteiger partial charge < -0.3 is 0 Å². The Morgan fingerprint density at radius 1 is 1.17 bits per heavy atom. The monoisotopic (exact) mass is 382 g/mol. The molecule has 0 fully saturated rings. The van der Waals surface area contributed by atoms with Gasteiger partial charge in [0.1, 0.15) is 0 Å². The average Bonchev–Trinajstić information content (AvgIpc) is 3.06. The number of hydrogen-bond acceptors (Lipinski definition) is 0. The van der Waals surface area contributed by atoms with Crippen molar-refractivity contribution in [2.45, 2.75) is 53.4 Å². The third kappa shape index (κ3) is 7.45. The maximum atomic E-state index is 3.05. The second-order valence-electron chi connectivity index (χ2n) is 7.14. The van der Waals surface area contributed by atoms with Crippen LogP contribution in [0.25, 0.3) is 10.8 Å². The molecular formula is C22H28Zr. The summed E-state index contributed by atoms with van der Waals surface area (Å²) in [5.74, 6) is 0. The summed E-state index contributed by atoms with van der Waals surface area (Å²) in [6.45, 7) is 13.1. The molecule has 0 aromatic heterocycles. The van der Waals surface area contributed by atoms with E-state index in [4.69, 9.17) is 0 Å². The summed E-state index contributed by atoms with van der Waals surface area (Å²) in [5, 5.41) is 2.75. The zero-order chi connectivity index (χ0) is 17.5. The Morgan fingerprint density at radius 2 is 1.78 bits per heavy atom. The molecule has 2 aromatic carbocycles. The predicted octanol–water partition coefficient (Wildman–Crippen LogP) is 6.30. The summed E-state index contributed by atoms with van der Waals surface area (Å²) < 4.78 is 1.51. The van der Waals surface area contributed by atoms with Gasteiger partial charge >= 0.3 is 41.3 Å². The molecule has 0 unspecified atom stereocenters. The SMILES string of the molecule is CC(C)(C)c1c[cH-]c2ccccc12.CC1=CC=[C-]C1.C[C](C)=[Zr+2]. The fourth-order valence-electron chi connectivity index (χ4n) is 2.28. The van der Waals surface area contributed by atoms with Gasteiger partial charge in [-0.15, -0.1) is 53.1 Å². The van der Waals surface area contributed by atoms with E-state index in [9.17, 15) is 0 Å². The Labute approximate surface area is 157 Å². The van der Waals surface area contributed by atoms with Crippen molar-refractivity contribution in [2.24, 2.45) is 0 Å². The van der Waals surface area contributed by atoms with Gasteiger partial charge in [-0.1, -0.05) is 39.2 Å². The zero-order valence-corrected chi connectivity index (χ0v) is 17.8. The molecule has 0 amide bonds. The number of allylic oxidation sites excluding steroid dienone is 4. The molecule has 0 atom stereocenters. The van der Waals surface area contributed by atoms with Crippen LogP contribution in [0.1, 0.15) is 53.5 Å². The molecule has 1 aliphatic rings. The van der Waals surface area contributed by atoms with Crippen molar-refractivity contribution in [1.82, 2.24) is 0 Å². The van der Waals surface area contributed by atoms with Crippen molar-refractivity contribution < 1.29 is 24.2 Å². The third-order valence-electron chi connectivity index (χ3n) is 3.36. The molecular weight excluding hydrogens is 355 g/mol. The minimum absolute atomic E-state index is 0.253. The van der Waals surface area contributed by atoms with Crippen molar-refractivity contribution in [3.8, 4) is 0 Å². The summed E-state index contributed by atoms with van der Waals surface area (Å²) >= 11 is 1.55. The van der Waals surface area contributed by atoms with E-state index in [1.54, 1.807) is 24.2 Å². The van der Waals surface area contributed by atoms with Crippen molar-refractivity contribution in [3.05, 3.63) is 65.8 Å². The summed E-state index contributed by atoms with van der Waals surface area (Å²) in [7, 11) is 0. The number of hydrogen-bond donors (Lipinski definition) is 0. The van der Waals surface area contributed by atoms with Crippen LogP contribution in [0, 0.1) is 6.08 Å². The van der Waals surface area contributed by atoms with Crippen LogP contribution >= 0.6 is 0 Å². The summed E-state index contributed by atoms with van der Waals surface area (Å²) in [6, 6.07) is 13.0. The number of rotatable bonds is 0. The van der Waals surface area contributed by atoms with E-state index < -0.39 is 0 Å². The summed E-state index contributed by atoms with van der Waals surface area (Å²) in [6.07, 6.45) is 8.15. The second kappa shape index (κ2) is 9.38. The van der Waals surface area contributed by atoms with Gasteiger partial charge in [0, 0.05) is 0 Å². The van der Waals surface area contributed by atoms with Gasteiger partial charge in [-0.05, 0) is 0 Å². The molecule has 0 heterocycles. The summed E-state index contributed by atoms with van der Waals surface area (Å²) in [4.78, 5) is 0. The molecule has 0 radical (unpaired) electrons. The van der Waals surface area contributed by atoms with E-state index in [-0.39, 0.29) is 5.41 Å². The van der Waals surface area contributed by atoms with E-state index in [0.29, 0.717) is 0 Å². The average molecular weight is 384 g/mol. The molecule has 0 N–H and O–H groups in total. The van der Waals surface area contributed by atoms with Crippen molar-refractivity contribution in [2.75, 3.05) is 0 Å². The van der Waals surface area contributed by atoms with Gasteiger partial charge in [-0.25, -0.2) is 12.2 Å². The molecule has 1 heteroatoms. The number of benzene rings is 1. The van der Waals surface area contributed by atoms with Crippen LogP contribution in [0.2, 0.25) is 0 Å². The van der Waals surface area contributed by atoms with Crippen molar-refractivity contribution in [3.63, 3.8) is 0 Å². The van der Waals surface area contributed by atoms with Gasteiger partial charge in [0.25, 0.3) is 0 Å². The normalized spacial score (nSPS) is 13.0. The molecule has 1 aliphatic carbocycles. The minimum atomic E-state index is 0.253. The molecule has 0 bridgehead atoms. The van der Waals surface area contributed by atoms with Gasteiger partial charge in [-0.3, -0.25) is 6.08 Å². The van der Waals surface area contributed by atoms with Crippen LogP contribution in [0.15, 0.2) is 54.1 Å². The first-order valence-electron chi connectivity index (χ1n) is 8.11. The zero-order valence-electron chi connectivity index (χ0n) is 15.3. The first-order chi connectivity index (χ1) is 10.7. The Kier molecular flexibility index (Phi) is 8.20. The standard InChI is InChI=1S/C13H15.C6H7.C3H6.Zr/c1-13(2,3)12-9-8-10-6-4-5-7-11(10)12;1-6-4-2-3-5-6;1-3-2;/h4-9H,1-3H3;2,4H,5H2,1H3;1-2H3;/q2*-1;;+2. The molecule has 0 aliphatic heterocycles. The maximum absolute atomic E-state index is 3.05. The Hall–Kier alpha value is -0.937. The third-order valence-corrected chi connectivity index (χ3v) is 3.36. The summed E-state index contributed by atoms with van der Waals surface area (Å²) in [5.41, 5.74) is 3.11. The van der Waals surface area contributed by atoms with Crippen molar-refractivity contribution >= 4 is 14.0 Å². The van der Waals surface area contributed by atoms with E-state index in [2.05, 4.69) is 90.1 Å².